The summed E-state index contributed by atoms with van der Waals surface area (Å²) in [6.45, 7) is 6.62. The largest absolute Gasteiger partial charge is 0.497 e. The molecule has 3 N–H and O–H groups in total. The maximum atomic E-state index is 13.5. The number of pyridine rings is 1. The Morgan fingerprint density at radius 1 is 0.930 bits per heavy atom. The molecule has 3 amide bonds. The summed E-state index contributed by atoms with van der Waals surface area (Å²) in [5.74, 6) is 2.00. The van der Waals surface area contributed by atoms with E-state index < -0.39 is 6.03 Å². The number of aromatic nitrogens is 1. The van der Waals surface area contributed by atoms with Crippen LogP contribution in [0.5, 0.6) is 5.75 Å². The fourth-order valence-electron chi connectivity index (χ4n) is 7.17. The lowest BCUT2D eigenvalue weighted by Gasteiger charge is -2.44. The van der Waals surface area contributed by atoms with Crippen molar-refractivity contribution < 1.29 is 14.3 Å². The molecule has 2 aliphatic heterocycles. The first-order valence-corrected chi connectivity index (χ1v) is 15.4. The number of nitrogens with zero attached hydrogens (tertiary/aromatic N) is 2. The Balaban J connectivity index is 1.27. The molecule has 0 spiro atoms. The van der Waals surface area contributed by atoms with Crippen molar-refractivity contribution in [3.8, 4) is 5.75 Å². The minimum Gasteiger partial charge on any atom is -0.497 e. The van der Waals surface area contributed by atoms with Crippen molar-refractivity contribution in [2.24, 2.45) is 17.8 Å². The van der Waals surface area contributed by atoms with Crippen molar-refractivity contribution in [1.82, 2.24) is 9.88 Å². The SMILES string of the molecule is COc1cccc(NC(=O)Nc2cc(C(=O)NC3CCCC(C)C3C)ccc2N2CC3CC(C2)c2cccc(=O)n2C3)c1. The van der Waals surface area contributed by atoms with E-state index in [9.17, 15) is 14.4 Å². The van der Waals surface area contributed by atoms with Gasteiger partial charge in [-0.3, -0.25) is 9.59 Å². The van der Waals surface area contributed by atoms with Crippen molar-refractivity contribution >= 4 is 29.0 Å². The topological polar surface area (TPSA) is 105 Å². The lowest BCUT2D eigenvalue weighted by Crippen LogP contribution is -2.47. The zero-order valence-electron chi connectivity index (χ0n) is 25.1. The first-order valence-electron chi connectivity index (χ1n) is 15.4. The quantitative estimate of drug-likeness (QED) is 0.346. The van der Waals surface area contributed by atoms with E-state index in [0.29, 0.717) is 47.0 Å². The Hall–Kier alpha value is -4.27. The molecule has 9 nitrogen and oxygen atoms in total. The number of piperidine rings is 1. The fourth-order valence-corrected chi connectivity index (χ4v) is 7.17. The summed E-state index contributed by atoms with van der Waals surface area (Å²) in [5.41, 5.74) is 3.66. The van der Waals surface area contributed by atoms with Gasteiger partial charge in [-0.1, -0.05) is 38.8 Å². The van der Waals surface area contributed by atoms with E-state index in [2.05, 4.69) is 34.7 Å². The van der Waals surface area contributed by atoms with E-state index in [1.807, 2.05) is 41.0 Å². The molecule has 3 aromatic rings. The van der Waals surface area contributed by atoms with Gasteiger partial charge < -0.3 is 30.2 Å². The molecule has 2 fully saturated rings. The van der Waals surface area contributed by atoms with E-state index in [4.69, 9.17) is 4.74 Å². The number of rotatable bonds is 6. The van der Waals surface area contributed by atoms with Crippen LogP contribution in [0.25, 0.3) is 0 Å². The zero-order valence-corrected chi connectivity index (χ0v) is 25.1. The number of anilines is 3. The first-order chi connectivity index (χ1) is 20.8. The van der Waals surface area contributed by atoms with Crippen LogP contribution in [0.4, 0.5) is 21.9 Å². The third kappa shape index (κ3) is 6.12. The Morgan fingerprint density at radius 2 is 1.77 bits per heavy atom. The summed E-state index contributed by atoms with van der Waals surface area (Å²) in [4.78, 5) is 41.6. The van der Waals surface area contributed by atoms with E-state index >= 15 is 0 Å². The van der Waals surface area contributed by atoms with E-state index in [0.717, 1.165) is 43.7 Å². The number of fused-ring (bicyclic) bond motifs is 4. The highest BCUT2D eigenvalue weighted by Crippen LogP contribution is 2.39. The highest BCUT2D eigenvalue weighted by Gasteiger charge is 2.35. The summed E-state index contributed by atoms with van der Waals surface area (Å²) in [6.07, 6.45) is 4.30. The third-order valence-electron chi connectivity index (χ3n) is 9.68. The number of carbonyl (C=O) groups excluding carboxylic acids is 2. The molecule has 2 aromatic carbocycles. The first kappa shape index (κ1) is 28.8. The van der Waals surface area contributed by atoms with Crippen LogP contribution in [0.15, 0.2) is 65.5 Å². The van der Waals surface area contributed by atoms with Gasteiger partial charge in [-0.05, 0) is 67.0 Å². The number of amides is 3. The lowest BCUT2D eigenvalue weighted by atomic mass is 9.78. The number of carbonyl (C=O) groups is 2. The second kappa shape index (κ2) is 12.1. The van der Waals surface area contributed by atoms with Gasteiger partial charge in [0.1, 0.15) is 5.75 Å². The van der Waals surface area contributed by atoms with Gasteiger partial charge in [-0.25, -0.2) is 4.79 Å². The molecular weight excluding hydrogens is 542 g/mol. The van der Waals surface area contributed by atoms with Crippen LogP contribution in [0.1, 0.15) is 61.5 Å². The number of hydrogen-bond acceptors (Lipinski definition) is 5. The number of methoxy groups -OCH3 is 1. The molecule has 226 valence electrons. The van der Waals surface area contributed by atoms with Gasteiger partial charge >= 0.3 is 6.03 Å². The highest BCUT2D eigenvalue weighted by atomic mass is 16.5. The monoisotopic (exact) mass is 583 g/mol. The molecule has 0 radical (unpaired) electrons. The Bertz CT molecular complexity index is 1570. The summed E-state index contributed by atoms with van der Waals surface area (Å²) >= 11 is 0. The second-order valence-electron chi connectivity index (χ2n) is 12.5. The van der Waals surface area contributed by atoms with Gasteiger partial charge in [0.2, 0.25) is 0 Å². The van der Waals surface area contributed by atoms with Gasteiger partial charge in [-0.15, -0.1) is 0 Å². The Labute approximate surface area is 252 Å². The summed E-state index contributed by atoms with van der Waals surface area (Å²) in [6, 6.07) is 18.0. The normalized spacial score (nSPS) is 24.4. The minimum atomic E-state index is -0.407. The zero-order chi connectivity index (χ0) is 30.1. The summed E-state index contributed by atoms with van der Waals surface area (Å²) < 4.78 is 7.21. The van der Waals surface area contributed by atoms with Crippen LogP contribution in [0.3, 0.4) is 0 Å². The molecule has 9 heteroatoms. The molecule has 3 heterocycles. The molecule has 3 aliphatic rings. The fraction of sp³-hybridized carbons (Fsp3) is 0.441. The minimum absolute atomic E-state index is 0.0502. The van der Waals surface area contributed by atoms with Crippen LogP contribution in [0, 0.1) is 17.8 Å². The summed E-state index contributed by atoms with van der Waals surface area (Å²) in [5, 5.41) is 9.20. The van der Waals surface area contributed by atoms with Crippen LogP contribution >= 0.6 is 0 Å². The van der Waals surface area contributed by atoms with Gasteiger partial charge in [-0.2, -0.15) is 0 Å². The van der Waals surface area contributed by atoms with Crippen LogP contribution in [0.2, 0.25) is 0 Å². The maximum absolute atomic E-state index is 13.5. The lowest BCUT2D eigenvalue weighted by molar-refractivity contribution is 0.0891. The van der Waals surface area contributed by atoms with Crippen LogP contribution in [-0.4, -0.2) is 42.7 Å². The standard InChI is InChI=1S/C34H41N5O4/c1-21-7-4-10-28(22(21)2)36-33(41)24-13-14-31(29(16-24)37-34(42)35-26-8-5-9-27(17-26)43-3)38-18-23-15-25(20-38)30-11-6-12-32(40)39(30)19-23/h5-6,8-9,11-14,16-17,21-23,25,28H,4,7,10,15,18-20H2,1-3H3,(H,36,41)(H2,35,37,42). The van der Waals surface area contributed by atoms with Crippen molar-refractivity contribution in [2.45, 2.75) is 58.0 Å². The number of urea groups is 1. The van der Waals surface area contributed by atoms with E-state index in [1.54, 1.807) is 31.4 Å². The smallest absolute Gasteiger partial charge is 0.323 e. The Morgan fingerprint density at radius 3 is 2.60 bits per heavy atom. The number of ether oxygens (including phenoxy) is 1. The molecule has 2 bridgehead atoms. The number of hydrogen-bond donors (Lipinski definition) is 3. The molecule has 43 heavy (non-hydrogen) atoms. The maximum Gasteiger partial charge on any atom is 0.323 e. The predicted molar refractivity (Wildman–Crippen MR) is 169 cm³/mol. The van der Waals surface area contributed by atoms with E-state index in [1.165, 1.54) is 6.42 Å². The van der Waals surface area contributed by atoms with Crippen molar-refractivity contribution in [2.75, 3.05) is 35.7 Å². The van der Waals surface area contributed by atoms with Crippen molar-refractivity contribution in [3.05, 3.63) is 82.3 Å². The Kier molecular flexibility index (Phi) is 8.15. The molecule has 1 saturated heterocycles. The van der Waals surface area contributed by atoms with Crippen LogP contribution in [-0.2, 0) is 6.54 Å². The van der Waals surface area contributed by atoms with Crippen LogP contribution < -0.4 is 31.1 Å². The molecule has 6 rings (SSSR count). The van der Waals surface area contributed by atoms with Gasteiger partial charge in [0.25, 0.3) is 11.5 Å². The highest BCUT2D eigenvalue weighted by molar-refractivity contribution is 6.04. The van der Waals surface area contributed by atoms with Crippen molar-refractivity contribution in [3.63, 3.8) is 0 Å². The summed E-state index contributed by atoms with van der Waals surface area (Å²) in [7, 11) is 1.58. The number of benzene rings is 2. The number of nitrogens with one attached hydrogen (secondary N) is 3. The van der Waals surface area contributed by atoms with Gasteiger partial charge in [0, 0.05) is 60.7 Å². The van der Waals surface area contributed by atoms with Gasteiger partial charge in [0.05, 0.1) is 18.5 Å². The second-order valence-corrected chi connectivity index (χ2v) is 12.5. The average Bonchev–Trinajstić information content (AvgIpc) is 3.00. The molecular formula is C34H41N5O4. The van der Waals surface area contributed by atoms with Gasteiger partial charge in [0.15, 0.2) is 0 Å². The predicted octanol–water partition coefficient (Wildman–Crippen LogP) is 5.68. The molecule has 1 aromatic heterocycles. The molecule has 5 unspecified atom stereocenters. The molecule has 1 aliphatic carbocycles. The molecule has 5 atom stereocenters. The van der Waals surface area contributed by atoms with Crippen molar-refractivity contribution in [1.29, 1.82) is 0 Å². The molecule has 1 saturated carbocycles. The average molecular weight is 584 g/mol. The third-order valence-corrected chi connectivity index (χ3v) is 9.68. The van der Waals surface area contributed by atoms with E-state index in [-0.39, 0.29) is 23.4 Å².